The number of nitrogens with two attached hydrogens (primary N) is 1. The van der Waals surface area contributed by atoms with Crippen molar-refractivity contribution < 1.29 is 9.53 Å². The van der Waals surface area contributed by atoms with Crippen molar-refractivity contribution >= 4 is 11.7 Å². The average Bonchev–Trinajstić information content (AvgIpc) is 2.31. The molecular formula is C14H21NO2. The number of hydrogen-bond donors (Lipinski definition) is 1. The summed E-state index contributed by atoms with van der Waals surface area (Å²) in [5.74, 6) is -0.347. The molecule has 0 radical (unpaired) electrons. The van der Waals surface area contributed by atoms with Gasteiger partial charge < -0.3 is 10.5 Å². The molecule has 17 heavy (non-hydrogen) atoms. The molecule has 94 valence electrons. The van der Waals surface area contributed by atoms with Crippen LogP contribution in [0.2, 0.25) is 0 Å². The number of nitrogen functional groups attached to an aromatic ring is 1. The van der Waals surface area contributed by atoms with Crippen molar-refractivity contribution in [3.05, 3.63) is 41.0 Å². The molecule has 0 amide bonds. The summed E-state index contributed by atoms with van der Waals surface area (Å²) in [6.45, 7) is 11.2. The molecule has 0 spiro atoms. The number of esters is 1. The average molecular weight is 235 g/mol. The third kappa shape index (κ3) is 4.72. The van der Waals surface area contributed by atoms with Crippen molar-refractivity contribution in [2.24, 2.45) is 0 Å². The number of rotatable bonds is 1. The normalized spacial score (nSPS) is 9.00. The first-order valence-electron chi connectivity index (χ1n) is 5.37. The summed E-state index contributed by atoms with van der Waals surface area (Å²) in [5, 5.41) is 0. The zero-order chi connectivity index (χ0) is 13.6. The first kappa shape index (κ1) is 15.2. The molecule has 0 saturated carbocycles. The SMILES string of the molecule is C=C(C)C(=O)OC.Cc1ccc(N)c(C)c1C. The summed E-state index contributed by atoms with van der Waals surface area (Å²) >= 11 is 0. The van der Waals surface area contributed by atoms with Gasteiger partial charge in [0, 0.05) is 11.3 Å². The quantitative estimate of drug-likeness (QED) is 0.462. The van der Waals surface area contributed by atoms with Crippen LogP contribution in [0.15, 0.2) is 24.3 Å². The van der Waals surface area contributed by atoms with Crippen LogP contribution in [0.25, 0.3) is 0 Å². The fourth-order valence-electron chi connectivity index (χ4n) is 1.15. The molecular weight excluding hydrogens is 214 g/mol. The smallest absolute Gasteiger partial charge is 0.332 e. The van der Waals surface area contributed by atoms with Gasteiger partial charge in [-0.05, 0) is 50.5 Å². The molecule has 3 nitrogen and oxygen atoms in total. The summed E-state index contributed by atoms with van der Waals surface area (Å²) in [4.78, 5) is 10.2. The topological polar surface area (TPSA) is 52.3 Å². The van der Waals surface area contributed by atoms with Gasteiger partial charge >= 0.3 is 5.97 Å². The van der Waals surface area contributed by atoms with Crippen LogP contribution in [0, 0.1) is 20.8 Å². The third-order valence-electron chi connectivity index (χ3n) is 2.63. The lowest BCUT2D eigenvalue weighted by atomic mass is 10.0. The number of carbonyl (C=O) groups is 1. The van der Waals surface area contributed by atoms with Crippen molar-refractivity contribution in [2.45, 2.75) is 27.7 Å². The molecule has 0 aliphatic carbocycles. The molecule has 2 N–H and O–H groups in total. The van der Waals surface area contributed by atoms with E-state index in [2.05, 4.69) is 38.2 Å². The highest BCUT2D eigenvalue weighted by molar-refractivity contribution is 5.86. The number of hydrogen-bond acceptors (Lipinski definition) is 3. The second kappa shape index (κ2) is 6.74. The summed E-state index contributed by atoms with van der Waals surface area (Å²) < 4.78 is 4.27. The molecule has 3 heteroatoms. The van der Waals surface area contributed by atoms with E-state index in [-0.39, 0.29) is 5.97 Å². The highest BCUT2D eigenvalue weighted by Gasteiger charge is 1.98. The van der Waals surface area contributed by atoms with E-state index in [1.54, 1.807) is 6.92 Å². The molecule has 1 aromatic carbocycles. The van der Waals surface area contributed by atoms with Gasteiger partial charge in [0.15, 0.2) is 0 Å². The Morgan fingerprint density at radius 2 is 1.76 bits per heavy atom. The second-order valence-electron chi connectivity index (χ2n) is 3.99. The second-order valence-corrected chi connectivity index (χ2v) is 3.99. The number of aryl methyl sites for hydroxylation is 1. The Kier molecular flexibility index (Phi) is 6.03. The Hall–Kier alpha value is -1.77. The maximum atomic E-state index is 10.2. The van der Waals surface area contributed by atoms with Gasteiger partial charge in [0.25, 0.3) is 0 Å². The Morgan fingerprint density at radius 3 is 2.06 bits per heavy atom. The van der Waals surface area contributed by atoms with Crippen LogP contribution < -0.4 is 5.73 Å². The molecule has 0 saturated heterocycles. The Labute approximate surface area is 103 Å². The summed E-state index contributed by atoms with van der Waals surface area (Å²) in [7, 11) is 1.33. The molecule has 1 rings (SSSR count). The fourth-order valence-corrected chi connectivity index (χ4v) is 1.15. The van der Waals surface area contributed by atoms with Crippen molar-refractivity contribution in [1.29, 1.82) is 0 Å². The third-order valence-corrected chi connectivity index (χ3v) is 2.63. The number of benzene rings is 1. The van der Waals surface area contributed by atoms with Crippen molar-refractivity contribution in [2.75, 3.05) is 12.8 Å². The predicted octanol–water partition coefficient (Wildman–Crippen LogP) is 2.93. The van der Waals surface area contributed by atoms with E-state index >= 15 is 0 Å². The number of anilines is 1. The van der Waals surface area contributed by atoms with E-state index in [9.17, 15) is 4.79 Å². The Balaban J connectivity index is 0.000000325. The van der Waals surface area contributed by atoms with Crippen LogP contribution in [0.1, 0.15) is 23.6 Å². The molecule has 0 aliphatic rings. The van der Waals surface area contributed by atoms with Crippen LogP contribution in [0.3, 0.4) is 0 Å². The maximum Gasteiger partial charge on any atom is 0.332 e. The van der Waals surface area contributed by atoms with Gasteiger partial charge in [-0.15, -0.1) is 0 Å². The van der Waals surface area contributed by atoms with Gasteiger partial charge in [-0.25, -0.2) is 4.79 Å². The van der Waals surface area contributed by atoms with E-state index in [4.69, 9.17) is 5.73 Å². The van der Waals surface area contributed by atoms with Crippen molar-refractivity contribution in [3.8, 4) is 0 Å². The molecule has 0 aromatic heterocycles. The monoisotopic (exact) mass is 235 g/mol. The molecule has 0 bridgehead atoms. The molecule has 0 heterocycles. The van der Waals surface area contributed by atoms with Gasteiger partial charge in [-0.3, -0.25) is 0 Å². The van der Waals surface area contributed by atoms with Crippen LogP contribution in [0.4, 0.5) is 5.69 Å². The van der Waals surface area contributed by atoms with E-state index in [1.807, 2.05) is 6.07 Å². The molecule has 0 atom stereocenters. The minimum absolute atomic E-state index is 0.347. The molecule has 0 fully saturated rings. The predicted molar refractivity (Wildman–Crippen MR) is 71.9 cm³/mol. The first-order valence-corrected chi connectivity index (χ1v) is 5.37. The van der Waals surface area contributed by atoms with Crippen molar-refractivity contribution in [1.82, 2.24) is 0 Å². The van der Waals surface area contributed by atoms with Crippen LogP contribution >= 0.6 is 0 Å². The summed E-state index contributed by atoms with van der Waals surface area (Å²) in [6.07, 6.45) is 0. The van der Waals surface area contributed by atoms with Gasteiger partial charge in [-0.1, -0.05) is 12.6 Å². The molecule has 0 aliphatic heterocycles. The first-order chi connectivity index (χ1) is 7.81. The zero-order valence-electron chi connectivity index (χ0n) is 11.3. The van der Waals surface area contributed by atoms with Crippen LogP contribution in [-0.2, 0) is 9.53 Å². The lowest BCUT2D eigenvalue weighted by Gasteiger charge is -2.05. The summed E-state index contributed by atoms with van der Waals surface area (Å²) in [6, 6.07) is 4.01. The van der Waals surface area contributed by atoms with E-state index in [0.29, 0.717) is 5.57 Å². The van der Waals surface area contributed by atoms with Crippen LogP contribution in [0.5, 0.6) is 0 Å². The minimum atomic E-state index is -0.347. The van der Waals surface area contributed by atoms with Crippen LogP contribution in [-0.4, -0.2) is 13.1 Å². The number of methoxy groups -OCH3 is 1. The van der Waals surface area contributed by atoms with Gasteiger partial charge in [-0.2, -0.15) is 0 Å². The summed E-state index contributed by atoms with van der Waals surface area (Å²) in [5.41, 5.74) is 10.8. The highest BCUT2D eigenvalue weighted by Crippen LogP contribution is 2.17. The number of ether oxygens (including phenoxy) is 1. The zero-order valence-corrected chi connectivity index (χ0v) is 11.3. The fraction of sp³-hybridized carbons (Fsp3) is 0.357. The van der Waals surface area contributed by atoms with E-state index in [0.717, 1.165) is 5.69 Å². The lowest BCUT2D eigenvalue weighted by molar-refractivity contribution is -0.136. The molecule has 0 unspecified atom stereocenters. The van der Waals surface area contributed by atoms with Gasteiger partial charge in [0.1, 0.15) is 0 Å². The Bertz CT molecular complexity index is 395. The van der Waals surface area contributed by atoms with E-state index in [1.165, 1.54) is 23.8 Å². The minimum Gasteiger partial charge on any atom is -0.466 e. The maximum absolute atomic E-state index is 10.2. The number of carbonyl (C=O) groups excluding carboxylic acids is 1. The van der Waals surface area contributed by atoms with Gasteiger partial charge in [0.2, 0.25) is 0 Å². The largest absolute Gasteiger partial charge is 0.466 e. The van der Waals surface area contributed by atoms with Crippen molar-refractivity contribution in [3.63, 3.8) is 0 Å². The van der Waals surface area contributed by atoms with E-state index < -0.39 is 0 Å². The Morgan fingerprint density at radius 1 is 1.24 bits per heavy atom. The lowest BCUT2D eigenvalue weighted by Crippen LogP contribution is -1.98. The standard InChI is InChI=1S/C9H13N.C5H8O2/c1-6-4-5-9(10)8(3)7(6)2;1-4(2)5(6)7-3/h4-5H,10H2,1-3H3;1H2,2-3H3. The van der Waals surface area contributed by atoms with Gasteiger partial charge in [0.05, 0.1) is 7.11 Å². The highest BCUT2D eigenvalue weighted by atomic mass is 16.5. The molecule has 1 aromatic rings.